The minimum atomic E-state index is -0.229. The van der Waals surface area contributed by atoms with Crippen LogP contribution in [0, 0.1) is 17.7 Å². The summed E-state index contributed by atoms with van der Waals surface area (Å²) < 4.78 is 13.4. The molecule has 0 aromatic heterocycles. The van der Waals surface area contributed by atoms with E-state index in [1.54, 1.807) is 12.1 Å². The Morgan fingerprint density at radius 2 is 2.09 bits per heavy atom. The van der Waals surface area contributed by atoms with Gasteiger partial charge in [-0.25, -0.2) is 4.39 Å². The van der Waals surface area contributed by atoms with E-state index in [9.17, 15) is 9.18 Å². The Balaban J connectivity index is 1.75. The molecule has 1 aromatic rings. The summed E-state index contributed by atoms with van der Waals surface area (Å²) in [5.41, 5.74) is 0.888. The molecule has 2 aliphatic rings. The van der Waals surface area contributed by atoms with Gasteiger partial charge in [-0.15, -0.1) is 0 Å². The molecule has 3 rings (SSSR count). The van der Waals surface area contributed by atoms with Gasteiger partial charge in [0, 0.05) is 18.5 Å². The second-order valence-electron chi connectivity index (χ2n) is 6.74. The lowest BCUT2D eigenvalue weighted by atomic mass is 9.87. The molecule has 120 valence electrons. The molecule has 1 saturated heterocycles. The van der Waals surface area contributed by atoms with Gasteiger partial charge in [0.05, 0.1) is 0 Å². The van der Waals surface area contributed by atoms with E-state index in [0.29, 0.717) is 18.5 Å². The van der Waals surface area contributed by atoms with Crippen molar-refractivity contribution in [3.8, 4) is 0 Å². The molecule has 22 heavy (non-hydrogen) atoms. The minimum absolute atomic E-state index is 0.0513. The van der Waals surface area contributed by atoms with E-state index in [0.717, 1.165) is 31.5 Å². The van der Waals surface area contributed by atoms with Crippen molar-refractivity contribution < 1.29 is 9.18 Å². The molecule has 1 atom stereocenters. The second-order valence-corrected chi connectivity index (χ2v) is 6.74. The zero-order valence-corrected chi connectivity index (χ0v) is 13.2. The van der Waals surface area contributed by atoms with Gasteiger partial charge in [0.25, 0.3) is 0 Å². The minimum Gasteiger partial charge on any atom is -0.335 e. The van der Waals surface area contributed by atoms with Crippen LogP contribution in [0.4, 0.5) is 4.39 Å². The Morgan fingerprint density at radius 3 is 2.68 bits per heavy atom. The van der Waals surface area contributed by atoms with Crippen LogP contribution in [0.25, 0.3) is 0 Å². The summed E-state index contributed by atoms with van der Waals surface area (Å²) in [6.07, 6.45) is 4.54. The Hall–Kier alpha value is -1.42. The van der Waals surface area contributed by atoms with Crippen molar-refractivity contribution in [2.24, 2.45) is 11.8 Å². The molecule has 1 aromatic carbocycles. The third kappa shape index (κ3) is 3.32. The summed E-state index contributed by atoms with van der Waals surface area (Å²) in [7, 11) is 0. The molecule has 0 bridgehead atoms. The van der Waals surface area contributed by atoms with Gasteiger partial charge in [-0.2, -0.15) is 0 Å². The predicted molar refractivity (Wildman–Crippen MR) is 84.7 cm³/mol. The first-order valence-electron chi connectivity index (χ1n) is 8.41. The highest BCUT2D eigenvalue weighted by atomic mass is 19.1. The zero-order valence-electron chi connectivity index (χ0n) is 13.2. The van der Waals surface area contributed by atoms with Crippen molar-refractivity contribution in [3.05, 3.63) is 35.6 Å². The number of amides is 1. The fourth-order valence-electron chi connectivity index (χ4n) is 3.56. The maximum atomic E-state index is 13.4. The third-order valence-corrected chi connectivity index (χ3v) is 5.20. The van der Waals surface area contributed by atoms with Gasteiger partial charge >= 0.3 is 0 Å². The fraction of sp³-hybridized carbons (Fsp3) is 0.611. The highest BCUT2D eigenvalue weighted by Crippen LogP contribution is 2.28. The van der Waals surface area contributed by atoms with Crippen molar-refractivity contribution in [1.29, 1.82) is 0 Å². The first-order chi connectivity index (χ1) is 10.6. The molecule has 1 amide bonds. The number of hydrogen-bond acceptors (Lipinski definition) is 2. The van der Waals surface area contributed by atoms with Crippen molar-refractivity contribution in [2.45, 2.75) is 45.2 Å². The second kappa shape index (κ2) is 6.78. The van der Waals surface area contributed by atoms with Gasteiger partial charge in [0.15, 0.2) is 0 Å². The van der Waals surface area contributed by atoms with E-state index < -0.39 is 0 Å². The molecule has 3 nitrogen and oxygen atoms in total. The first-order valence-corrected chi connectivity index (χ1v) is 8.41. The van der Waals surface area contributed by atoms with Gasteiger partial charge in [-0.05, 0) is 49.5 Å². The van der Waals surface area contributed by atoms with Gasteiger partial charge in [0.1, 0.15) is 5.82 Å². The van der Waals surface area contributed by atoms with Crippen molar-refractivity contribution in [3.63, 3.8) is 0 Å². The molecule has 1 aliphatic carbocycles. The molecule has 1 heterocycles. The number of nitrogens with zero attached hydrogens (tertiary/aromatic N) is 1. The molecule has 2 fully saturated rings. The van der Waals surface area contributed by atoms with Gasteiger partial charge in [-0.3, -0.25) is 4.79 Å². The average Bonchev–Trinajstić information content (AvgIpc) is 2.96. The number of benzene rings is 1. The van der Waals surface area contributed by atoms with Crippen LogP contribution in [0.2, 0.25) is 0 Å². The van der Waals surface area contributed by atoms with Gasteiger partial charge in [0.2, 0.25) is 5.91 Å². The first kappa shape index (κ1) is 15.5. The maximum Gasteiger partial charge on any atom is 0.226 e. The molecule has 1 saturated carbocycles. The van der Waals surface area contributed by atoms with E-state index in [2.05, 4.69) is 5.32 Å². The van der Waals surface area contributed by atoms with Crippen LogP contribution < -0.4 is 5.32 Å². The molecule has 0 radical (unpaired) electrons. The third-order valence-electron chi connectivity index (χ3n) is 5.20. The quantitative estimate of drug-likeness (QED) is 0.907. The lowest BCUT2D eigenvalue weighted by Crippen LogP contribution is -2.51. The van der Waals surface area contributed by atoms with E-state index in [4.69, 9.17) is 0 Å². The summed E-state index contributed by atoms with van der Waals surface area (Å²) in [4.78, 5) is 15.0. The van der Waals surface area contributed by atoms with Crippen LogP contribution >= 0.6 is 0 Å². The van der Waals surface area contributed by atoms with Gasteiger partial charge in [-0.1, -0.05) is 31.9 Å². The Labute approximate surface area is 131 Å². The number of carbonyl (C=O) groups is 1. The Morgan fingerprint density at radius 1 is 1.36 bits per heavy atom. The summed E-state index contributed by atoms with van der Waals surface area (Å²) in [6, 6.07) is 6.96. The summed E-state index contributed by atoms with van der Waals surface area (Å²) in [5.74, 6) is 0.509. The molecule has 4 heteroatoms. The smallest absolute Gasteiger partial charge is 0.226 e. The molecule has 1 aliphatic heterocycles. The van der Waals surface area contributed by atoms with Crippen LogP contribution in [-0.4, -0.2) is 29.9 Å². The number of halogens is 1. The van der Waals surface area contributed by atoms with Crippen molar-refractivity contribution >= 4 is 5.91 Å². The lowest BCUT2D eigenvalue weighted by Gasteiger charge is -2.37. The lowest BCUT2D eigenvalue weighted by molar-refractivity contribution is -0.140. The maximum absolute atomic E-state index is 13.4. The normalized spacial score (nSPS) is 20.6. The molecule has 1 unspecified atom stereocenters. The number of rotatable bonds is 5. The largest absolute Gasteiger partial charge is 0.335 e. The summed E-state index contributed by atoms with van der Waals surface area (Å²) in [5, 5.41) is 3.24. The van der Waals surface area contributed by atoms with Gasteiger partial charge < -0.3 is 10.2 Å². The topological polar surface area (TPSA) is 32.3 Å². The number of carbonyl (C=O) groups excluding carboxylic acids is 1. The summed E-state index contributed by atoms with van der Waals surface area (Å²) in [6.45, 7) is 4.45. The molecular formula is C18H25FN2O. The van der Waals surface area contributed by atoms with Crippen LogP contribution in [0.1, 0.15) is 38.2 Å². The van der Waals surface area contributed by atoms with Crippen LogP contribution in [-0.2, 0) is 11.3 Å². The van der Waals surface area contributed by atoms with Crippen LogP contribution in [0.15, 0.2) is 24.3 Å². The highest BCUT2D eigenvalue weighted by Gasteiger charge is 2.35. The Kier molecular flexibility index (Phi) is 4.77. The Bertz CT molecular complexity index is 524. The zero-order chi connectivity index (χ0) is 15.5. The van der Waals surface area contributed by atoms with Crippen LogP contribution in [0.5, 0.6) is 0 Å². The van der Waals surface area contributed by atoms with Crippen molar-refractivity contribution in [2.75, 3.05) is 13.1 Å². The molecular weight excluding hydrogens is 279 g/mol. The molecule has 0 spiro atoms. The average molecular weight is 304 g/mol. The standard InChI is InChI=1S/C18H25FN2O/c1-13(15-10-20-11-15)18(22)21(17-7-2-3-8-17)12-14-5-4-6-16(19)9-14/h4-6,9,13,15,17,20H,2-3,7-8,10-12H2,1H3. The number of nitrogens with one attached hydrogen (secondary N) is 1. The predicted octanol–water partition coefficient (Wildman–Crippen LogP) is 2.95. The van der Waals surface area contributed by atoms with E-state index in [1.165, 1.54) is 18.9 Å². The van der Waals surface area contributed by atoms with E-state index >= 15 is 0 Å². The van der Waals surface area contributed by atoms with Crippen LogP contribution in [0.3, 0.4) is 0 Å². The highest BCUT2D eigenvalue weighted by molar-refractivity contribution is 5.79. The summed E-state index contributed by atoms with van der Waals surface area (Å²) >= 11 is 0. The monoisotopic (exact) mass is 304 g/mol. The fourth-order valence-corrected chi connectivity index (χ4v) is 3.56. The van der Waals surface area contributed by atoms with Crippen molar-refractivity contribution in [1.82, 2.24) is 10.2 Å². The SMILES string of the molecule is CC(C(=O)N(Cc1cccc(F)c1)C1CCCC1)C1CNC1. The van der Waals surface area contributed by atoms with E-state index in [1.807, 2.05) is 17.9 Å². The number of hydrogen-bond donors (Lipinski definition) is 1. The molecule has 1 N–H and O–H groups in total. The van der Waals surface area contributed by atoms with E-state index in [-0.39, 0.29) is 17.6 Å².